The fraction of sp³-hybridized carbons (Fsp3) is 0.241. The lowest BCUT2D eigenvalue weighted by molar-refractivity contribution is -0.132. The summed E-state index contributed by atoms with van der Waals surface area (Å²) in [6.45, 7) is 0.708. The molecule has 0 bridgehead atoms. The lowest BCUT2D eigenvalue weighted by Crippen LogP contribution is -2.36. The molecule has 1 amide bonds. The molecule has 4 heteroatoms. The quantitative estimate of drug-likeness (QED) is 0.430. The average molecular weight is 435 g/mol. The third-order valence-corrected chi connectivity index (χ3v) is 7.42. The lowest BCUT2D eigenvalue weighted by atomic mass is 9.79. The van der Waals surface area contributed by atoms with Crippen LogP contribution in [0.25, 0.3) is 10.9 Å². The second-order valence-corrected chi connectivity index (χ2v) is 9.24. The van der Waals surface area contributed by atoms with Crippen molar-refractivity contribution in [2.24, 2.45) is 11.8 Å². The number of hydrogen-bond acceptors (Lipinski definition) is 2. The van der Waals surface area contributed by atoms with Crippen LogP contribution in [0.3, 0.4) is 0 Å². The van der Waals surface area contributed by atoms with E-state index >= 15 is 0 Å². The summed E-state index contributed by atoms with van der Waals surface area (Å²) in [5, 5.41) is 1.25. The number of rotatable bonds is 5. The van der Waals surface area contributed by atoms with Crippen molar-refractivity contribution in [1.82, 2.24) is 9.88 Å². The van der Waals surface area contributed by atoms with Crippen molar-refractivity contribution in [3.8, 4) is 0 Å². The molecule has 6 rings (SSSR count). The number of H-pyrrole nitrogens is 1. The maximum Gasteiger partial charge on any atom is 0.227 e. The smallest absolute Gasteiger partial charge is 0.227 e. The zero-order valence-corrected chi connectivity index (χ0v) is 18.4. The molecule has 1 N–H and O–H groups in total. The molecule has 1 aromatic heterocycles. The highest BCUT2D eigenvalue weighted by Gasteiger charge is 2.51. The fourth-order valence-electron chi connectivity index (χ4n) is 5.90. The van der Waals surface area contributed by atoms with Gasteiger partial charge in [-0.1, -0.05) is 78.9 Å². The van der Waals surface area contributed by atoms with Crippen molar-refractivity contribution in [3.05, 3.63) is 107 Å². The second kappa shape index (κ2) is 8.04. The first-order valence-corrected chi connectivity index (χ1v) is 11.7. The van der Waals surface area contributed by atoms with Gasteiger partial charge < -0.3 is 9.88 Å². The molecule has 0 saturated carbocycles. The van der Waals surface area contributed by atoms with Crippen LogP contribution in [0.5, 0.6) is 0 Å². The van der Waals surface area contributed by atoms with Gasteiger partial charge in [0.25, 0.3) is 0 Å². The molecule has 1 fully saturated rings. The molecule has 0 unspecified atom stereocenters. The standard InChI is InChI=1S/C29H26N2O2/c32-26(20-11-5-2-6-12-20)18-24-23(17-19-9-3-1-4-10-19)28-27-22(15-16-31(28)29(24)33)21-13-7-8-14-25(21)30-27/h1-14,23-24,28,30H,15-18H2/t23-,24+,28-/m1/s1. The van der Waals surface area contributed by atoms with Crippen molar-refractivity contribution >= 4 is 22.6 Å². The molecule has 4 aromatic rings. The van der Waals surface area contributed by atoms with Crippen LogP contribution in [0.15, 0.2) is 84.9 Å². The zero-order valence-electron chi connectivity index (χ0n) is 18.4. The van der Waals surface area contributed by atoms with Gasteiger partial charge >= 0.3 is 0 Å². The molecule has 164 valence electrons. The Morgan fingerprint density at radius 1 is 0.909 bits per heavy atom. The number of amides is 1. The Morgan fingerprint density at radius 3 is 2.39 bits per heavy atom. The average Bonchev–Trinajstić information content (AvgIpc) is 3.36. The maximum absolute atomic E-state index is 13.7. The largest absolute Gasteiger partial charge is 0.356 e. The van der Waals surface area contributed by atoms with Crippen molar-refractivity contribution < 1.29 is 9.59 Å². The van der Waals surface area contributed by atoms with E-state index in [0.717, 1.165) is 24.1 Å². The molecular formula is C29H26N2O2. The first-order chi connectivity index (χ1) is 16.2. The number of hydrogen-bond donors (Lipinski definition) is 1. The molecule has 3 atom stereocenters. The highest BCUT2D eigenvalue weighted by Crippen LogP contribution is 2.49. The number of para-hydroxylation sites is 1. The summed E-state index contributed by atoms with van der Waals surface area (Å²) in [5.41, 5.74) is 5.50. The summed E-state index contributed by atoms with van der Waals surface area (Å²) in [6, 6.07) is 28.1. The van der Waals surface area contributed by atoms with Gasteiger partial charge in [-0.15, -0.1) is 0 Å². The van der Waals surface area contributed by atoms with Crippen molar-refractivity contribution in [2.75, 3.05) is 6.54 Å². The molecule has 4 nitrogen and oxygen atoms in total. The molecule has 0 spiro atoms. The summed E-state index contributed by atoms with van der Waals surface area (Å²) < 4.78 is 0. The molecule has 3 heterocycles. The topological polar surface area (TPSA) is 53.2 Å². The summed E-state index contributed by atoms with van der Waals surface area (Å²) >= 11 is 0. The molecule has 0 radical (unpaired) electrons. The van der Waals surface area contributed by atoms with Gasteiger partial charge in [0, 0.05) is 41.0 Å². The van der Waals surface area contributed by atoms with Gasteiger partial charge in [0.1, 0.15) is 0 Å². The summed E-state index contributed by atoms with van der Waals surface area (Å²) in [7, 11) is 0. The van der Waals surface area contributed by atoms with Gasteiger partial charge in [0.05, 0.1) is 12.0 Å². The minimum absolute atomic E-state index is 0.0255. The lowest BCUT2D eigenvalue weighted by Gasteiger charge is -2.33. The van der Waals surface area contributed by atoms with Crippen molar-refractivity contribution in [3.63, 3.8) is 0 Å². The summed E-state index contributed by atoms with van der Waals surface area (Å²) in [5.74, 6) is -0.113. The number of ketones is 1. The molecular weight excluding hydrogens is 408 g/mol. The van der Waals surface area contributed by atoms with Gasteiger partial charge in [-0.2, -0.15) is 0 Å². The van der Waals surface area contributed by atoms with Gasteiger partial charge in [-0.05, 0) is 30.0 Å². The monoisotopic (exact) mass is 434 g/mol. The number of Topliss-reactive ketones (excluding diaryl/α,β-unsaturated/α-hetero) is 1. The fourth-order valence-corrected chi connectivity index (χ4v) is 5.90. The van der Waals surface area contributed by atoms with Crippen LogP contribution in [0.4, 0.5) is 0 Å². The van der Waals surface area contributed by atoms with Crippen LogP contribution in [-0.2, 0) is 17.6 Å². The number of nitrogens with one attached hydrogen (secondary N) is 1. The summed E-state index contributed by atoms with van der Waals surface area (Å²) in [4.78, 5) is 32.5. The van der Waals surface area contributed by atoms with Crippen LogP contribution in [0.1, 0.15) is 39.6 Å². The van der Waals surface area contributed by atoms with Crippen LogP contribution < -0.4 is 0 Å². The molecule has 1 saturated heterocycles. The third-order valence-electron chi connectivity index (χ3n) is 7.42. The first kappa shape index (κ1) is 20.0. The summed E-state index contributed by atoms with van der Waals surface area (Å²) in [6.07, 6.45) is 1.87. The van der Waals surface area contributed by atoms with E-state index in [0.29, 0.717) is 12.1 Å². The van der Waals surface area contributed by atoms with E-state index in [2.05, 4.69) is 35.3 Å². The number of aromatic amines is 1. The van der Waals surface area contributed by atoms with Crippen LogP contribution >= 0.6 is 0 Å². The van der Waals surface area contributed by atoms with E-state index in [4.69, 9.17) is 0 Å². The van der Waals surface area contributed by atoms with E-state index in [1.807, 2.05) is 59.5 Å². The number of aromatic nitrogens is 1. The van der Waals surface area contributed by atoms with Crippen LogP contribution in [0, 0.1) is 11.8 Å². The number of nitrogens with zero attached hydrogens (tertiary/aromatic N) is 1. The Hall–Kier alpha value is -3.66. The van der Waals surface area contributed by atoms with E-state index in [9.17, 15) is 9.59 Å². The van der Waals surface area contributed by atoms with E-state index in [1.54, 1.807) is 0 Å². The predicted molar refractivity (Wildman–Crippen MR) is 129 cm³/mol. The van der Waals surface area contributed by atoms with Crippen LogP contribution in [-0.4, -0.2) is 28.1 Å². The zero-order chi connectivity index (χ0) is 22.4. The van der Waals surface area contributed by atoms with Gasteiger partial charge in [-0.3, -0.25) is 9.59 Å². The predicted octanol–water partition coefficient (Wildman–Crippen LogP) is 5.36. The van der Waals surface area contributed by atoms with Crippen molar-refractivity contribution in [2.45, 2.75) is 25.3 Å². The van der Waals surface area contributed by atoms with Gasteiger partial charge in [0.15, 0.2) is 5.78 Å². The normalized spacial score (nSPS) is 21.8. The second-order valence-electron chi connectivity index (χ2n) is 9.24. The van der Waals surface area contributed by atoms with E-state index in [1.165, 1.54) is 16.5 Å². The van der Waals surface area contributed by atoms with Gasteiger partial charge in [0.2, 0.25) is 5.91 Å². The first-order valence-electron chi connectivity index (χ1n) is 11.7. The van der Waals surface area contributed by atoms with E-state index < -0.39 is 0 Å². The maximum atomic E-state index is 13.7. The Labute approximate surface area is 193 Å². The molecule has 2 aliphatic rings. The minimum atomic E-state index is -0.319. The number of carbonyl (C=O) groups excluding carboxylic acids is 2. The highest BCUT2D eigenvalue weighted by atomic mass is 16.2. The van der Waals surface area contributed by atoms with Crippen molar-refractivity contribution in [1.29, 1.82) is 0 Å². The third kappa shape index (κ3) is 3.37. The highest BCUT2D eigenvalue weighted by molar-refractivity contribution is 5.99. The molecule has 2 aliphatic heterocycles. The number of carbonyl (C=O) groups is 2. The van der Waals surface area contributed by atoms with E-state index in [-0.39, 0.29) is 36.0 Å². The Kier molecular flexibility index (Phi) is 4.87. The van der Waals surface area contributed by atoms with Crippen LogP contribution in [0.2, 0.25) is 0 Å². The Bertz CT molecular complexity index is 1330. The van der Waals surface area contributed by atoms with Gasteiger partial charge in [-0.25, -0.2) is 0 Å². The Morgan fingerprint density at radius 2 is 1.61 bits per heavy atom. The molecule has 0 aliphatic carbocycles. The minimum Gasteiger partial charge on any atom is -0.356 e. The number of fused-ring (bicyclic) bond motifs is 5. The number of benzene rings is 3. The Balaban J connectivity index is 1.42. The molecule has 33 heavy (non-hydrogen) atoms. The SMILES string of the molecule is O=C(C[C@@H]1C(=O)N2CCc3c([nH]c4ccccc34)[C@H]2[C@@H]1Cc1ccccc1)c1ccccc1. The molecule has 3 aromatic carbocycles.